The molecule has 2 atom stereocenters. The molecule has 0 radical (unpaired) electrons. The highest BCUT2D eigenvalue weighted by atomic mass is 32.2. The minimum atomic E-state index is -3.11. The first-order valence-electron chi connectivity index (χ1n) is 7.95. The van der Waals surface area contributed by atoms with E-state index in [4.69, 9.17) is 9.47 Å². The molecule has 1 saturated heterocycles. The third kappa shape index (κ3) is 5.09. The molecule has 1 aliphatic rings. The van der Waals surface area contributed by atoms with E-state index >= 15 is 0 Å². The Kier molecular flexibility index (Phi) is 6.26. The summed E-state index contributed by atoms with van der Waals surface area (Å²) in [5.74, 6) is 1.29. The van der Waals surface area contributed by atoms with Gasteiger partial charge in [-0.05, 0) is 44.5 Å². The summed E-state index contributed by atoms with van der Waals surface area (Å²) in [6.07, 6.45) is -0.102. The van der Waals surface area contributed by atoms with Crippen LogP contribution in [0.1, 0.15) is 19.4 Å². The van der Waals surface area contributed by atoms with Crippen molar-refractivity contribution >= 4 is 9.84 Å². The van der Waals surface area contributed by atoms with Crippen LogP contribution in [0, 0.1) is 0 Å². The Labute approximate surface area is 137 Å². The molecule has 0 amide bonds. The summed E-state index contributed by atoms with van der Waals surface area (Å²) in [6.45, 7) is 5.58. The summed E-state index contributed by atoms with van der Waals surface area (Å²) in [7, 11) is -3.11. The second kappa shape index (κ2) is 7.99. The Balaban J connectivity index is 1.91. The van der Waals surface area contributed by atoms with Crippen molar-refractivity contribution in [2.24, 2.45) is 0 Å². The zero-order chi connectivity index (χ0) is 16.9. The zero-order valence-electron chi connectivity index (χ0n) is 13.6. The minimum absolute atomic E-state index is 0.00163. The zero-order valence-corrected chi connectivity index (χ0v) is 14.4. The van der Waals surface area contributed by atoms with Crippen molar-refractivity contribution in [3.05, 3.63) is 23.8 Å². The number of aliphatic hydroxyl groups excluding tert-OH is 1. The molecule has 1 heterocycles. The Morgan fingerprint density at radius 1 is 1.17 bits per heavy atom. The average molecular weight is 343 g/mol. The van der Waals surface area contributed by atoms with E-state index in [1.54, 1.807) is 0 Å². The number of nitrogens with one attached hydrogen (secondary N) is 1. The molecule has 1 aromatic rings. The van der Waals surface area contributed by atoms with Gasteiger partial charge < -0.3 is 19.9 Å². The smallest absolute Gasteiger partial charge is 0.161 e. The summed E-state index contributed by atoms with van der Waals surface area (Å²) in [5, 5.41) is 12.9. The van der Waals surface area contributed by atoms with Crippen molar-refractivity contribution in [2.75, 3.05) is 31.3 Å². The van der Waals surface area contributed by atoms with E-state index < -0.39 is 15.9 Å². The van der Waals surface area contributed by atoms with E-state index in [1.165, 1.54) is 0 Å². The van der Waals surface area contributed by atoms with Gasteiger partial charge in [0.15, 0.2) is 21.3 Å². The quantitative estimate of drug-likeness (QED) is 0.725. The molecule has 1 fully saturated rings. The van der Waals surface area contributed by atoms with E-state index in [0.717, 1.165) is 23.5 Å². The van der Waals surface area contributed by atoms with Crippen LogP contribution in [0.4, 0.5) is 0 Å². The first-order chi connectivity index (χ1) is 10.9. The third-order valence-electron chi connectivity index (χ3n) is 3.75. The number of ether oxygens (including phenoxy) is 2. The number of sulfone groups is 1. The lowest BCUT2D eigenvalue weighted by atomic mass is 10.1. The molecule has 7 heteroatoms. The van der Waals surface area contributed by atoms with Crippen molar-refractivity contribution in [3.8, 4) is 11.5 Å². The largest absolute Gasteiger partial charge is 0.490 e. The van der Waals surface area contributed by atoms with Gasteiger partial charge in [0.25, 0.3) is 0 Å². The Morgan fingerprint density at radius 2 is 1.87 bits per heavy atom. The lowest BCUT2D eigenvalue weighted by Crippen LogP contribution is -2.39. The SMILES string of the molecule is CCOc1ccc(CCNC2CS(=O)(=O)CC2O)cc1OCC. The van der Waals surface area contributed by atoms with Crippen LogP contribution in [-0.2, 0) is 16.3 Å². The predicted octanol–water partition coefficient (Wildman–Crippen LogP) is 0.774. The van der Waals surface area contributed by atoms with E-state index in [9.17, 15) is 13.5 Å². The molecular formula is C16H25NO5S. The maximum Gasteiger partial charge on any atom is 0.161 e. The number of rotatable bonds is 8. The fourth-order valence-corrected chi connectivity index (χ4v) is 4.45. The molecule has 1 aliphatic heterocycles. The highest BCUT2D eigenvalue weighted by Gasteiger charge is 2.35. The first kappa shape index (κ1) is 18.0. The number of aliphatic hydroxyl groups is 1. The molecule has 130 valence electrons. The van der Waals surface area contributed by atoms with Crippen LogP contribution in [0.15, 0.2) is 18.2 Å². The van der Waals surface area contributed by atoms with Gasteiger partial charge in [0.2, 0.25) is 0 Å². The van der Waals surface area contributed by atoms with E-state index in [2.05, 4.69) is 5.32 Å². The van der Waals surface area contributed by atoms with Crippen molar-refractivity contribution < 1.29 is 23.0 Å². The number of benzene rings is 1. The maximum atomic E-state index is 11.5. The van der Waals surface area contributed by atoms with Gasteiger partial charge in [-0.15, -0.1) is 0 Å². The summed E-state index contributed by atoms with van der Waals surface area (Å²) in [5.41, 5.74) is 1.07. The molecule has 0 aromatic heterocycles. The van der Waals surface area contributed by atoms with Crippen LogP contribution in [0.3, 0.4) is 0 Å². The average Bonchev–Trinajstić information content (AvgIpc) is 2.74. The Morgan fingerprint density at radius 3 is 2.48 bits per heavy atom. The predicted molar refractivity (Wildman–Crippen MR) is 88.9 cm³/mol. The van der Waals surface area contributed by atoms with Crippen molar-refractivity contribution in [1.82, 2.24) is 5.32 Å². The first-order valence-corrected chi connectivity index (χ1v) is 9.77. The summed E-state index contributed by atoms with van der Waals surface area (Å²) in [4.78, 5) is 0. The van der Waals surface area contributed by atoms with Gasteiger partial charge in [0, 0.05) is 6.04 Å². The molecule has 1 aromatic carbocycles. The van der Waals surface area contributed by atoms with Crippen LogP contribution < -0.4 is 14.8 Å². The van der Waals surface area contributed by atoms with E-state index in [1.807, 2.05) is 32.0 Å². The molecule has 0 saturated carbocycles. The second-order valence-corrected chi connectivity index (χ2v) is 7.76. The highest BCUT2D eigenvalue weighted by Crippen LogP contribution is 2.28. The lowest BCUT2D eigenvalue weighted by Gasteiger charge is -2.16. The van der Waals surface area contributed by atoms with Gasteiger partial charge in [-0.1, -0.05) is 6.07 Å². The topological polar surface area (TPSA) is 84.9 Å². The van der Waals surface area contributed by atoms with Crippen LogP contribution in [0.5, 0.6) is 11.5 Å². The Hall–Kier alpha value is -1.31. The molecule has 0 spiro atoms. The number of hydrogen-bond donors (Lipinski definition) is 2. The van der Waals surface area contributed by atoms with Gasteiger partial charge in [0.1, 0.15) is 0 Å². The van der Waals surface area contributed by atoms with Gasteiger partial charge in [0.05, 0.1) is 30.8 Å². The normalized spacial score (nSPS) is 22.9. The third-order valence-corrected chi connectivity index (χ3v) is 5.47. The van der Waals surface area contributed by atoms with Crippen LogP contribution in [-0.4, -0.2) is 56.9 Å². The van der Waals surface area contributed by atoms with Gasteiger partial charge in [-0.2, -0.15) is 0 Å². The van der Waals surface area contributed by atoms with Crippen LogP contribution in [0.2, 0.25) is 0 Å². The van der Waals surface area contributed by atoms with Crippen LogP contribution >= 0.6 is 0 Å². The molecule has 6 nitrogen and oxygen atoms in total. The monoisotopic (exact) mass is 343 g/mol. The molecule has 2 rings (SSSR count). The summed E-state index contributed by atoms with van der Waals surface area (Å²) in [6, 6.07) is 5.42. The summed E-state index contributed by atoms with van der Waals surface area (Å²) >= 11 is 0. The maximum absolute atomic E-state index is 11.5. The molecule has 2 unspecified atom stereocenters. The molecule has 2 N–H and O–H groups in total. The summed E-state index contributed by atoms with van der Waals surface area (Å²) < 4.78 is 34.1. The standard InChI is InChI=1S/C16H25NO5S/c1-3-21-15-6-5-12(9-16(15)22-4-2)7-8-17-13-10-23(19,20)11-14(13)18/h5-6,9,13-14,17-18H,3-4,7-8,10-11H2,1-2H3. The molecule has 0 bridgehead atoms. The fraction of sp³-hybridized carbons (Fsp3) is 0.625. The molecule has 23 heavy (non-hydrogen) atoms. The number of hydrogen-bond acceptors (Lipinski definition) is 6. The minimum Gasteiger partial charge on any atom is -0.490 e. The van der Waals surface area contributed by atoms with E-state index in [0.29, 0.717) is 19.8 Å². The van der Waals surface area contributed by atoms with Gasteiger partial charge >= 0.3 is 0 Å². The van der Waals surface area contributed by atoms with Crippen molar-refractivity contribution in [2.45, 2.75) is 32.4 Å². The van der Waals surface area contributed by atoms with Crippen molar-refractivity contribution in [1.29, 1.82) is 0 Å². The van der Waals surface area contributed by atoms with Gasteiger partial charge in [-0.25, -0.2) is 8.42 Å². The lowest BCUT2D eigenvalue weighted by molar-refractivity contribution is 0.166. The molecule has 0 aliphatic carbocycles. The fourth-order valence-electron chi connectivity index (χ4n) is 2.68. The molecular weight excluding hydrogens is 318 g/mol. The van der Waals surface area contributed by atoms with Crippen LogP contribution in [0.25, 0.3) is 0 Å². The Bertz CT molecular complexity index is 617. The van der Waals surface area contributed by atoms with Gasteiger partial charge in [-0.3, -0.25) is 0 Å². The highest BCUT2D eigenvalue weighted by molar-refractivity contribution is 7.91. The van der Waals surface area contributed by atoms with Crippen molar-refractivity contribution in [3.63, 3.8) is 0 Å². The van der Waals surface area contributed by atoms with E-state index in [-0.39, 0.29) is 17.5 Å². The second-order valence-electron chi connectivity index (χ2n) is 5.60.